The Morgan fingerprint density at radius 3 is 2.89 bits per heavy atom. The summed E-state index contributed by atoms with van der Waals surface area (Å²) in [6.45, 7) is 2.05. The molecule has 0 radical (unpaired) electrons. The minimum atomic E-state index is -0.931. The number of anilines is 1. The molecule has 1 aromatic carbocycles. The molecule has 4 nitrogen and oxygen atoms in total. The summed E-state index contributed by atoms with van der Waals surface area (Å²) in [5.41, 5.74) is 0.978. The number of rotatable bonds is 5. The van der Waals surface area contributed by atoms with Gasteiger partial charge >= 0.3 is 5.97 Å². The normalized spacial score (nSPS) is 12.3. The number of carboxylic acid groups (broad SMARTS) is 1. The lowest BCUT2D eigenvalue weighted by molar-refractivity contribution is 0.0699. The predicted molar refractivity (Wildman–Crippen MR) is 80.2 cm³/mol. The number of nitrogens with one attached hydrogen (secondary N) is 1. The Labute approximate surface area is 116 Å². The average molecular weight is 276 g/mol. The maximum Gasteiger partial charge on any atom is 0.336 e. The van der Waals surface area contributed by atoms with Crippen molar-refractivity contribution < 1.29 is 9.90 Å². The highest BCUT2D eigenvalue weighted by Gasteiger charge is 2.12. The van der Waals surface area contributed by atoms with Crippen molar-refractivity contribution in [1.29, 1.82) is 0 Å². The van der Waals surface area contributed by atoms with Gasteiger partial charge in [-0.15, -0.1) is 0 Å². The predicted octanol–water partition coefficient (Wildman–Crippen LogP) is 3.10. The molecule has 0 amide bonds. The first-order valence-electron chi connectivity index (χ1n) is 6.00. The molecule has 1 unspecified atom stereocenters. The standard InChI is InChI=1S/C14H16N2O2S/c1-9(8-19-2)15-13-7-11(14(17)18)10-5-3-4-6-12(10)16-13/h3-7,9H,8H2,1-2H3,(H,15,16)(H,17,18). The van der Waals surface area contributed by atoms with Gasteiger partial charge in [0.2, 0.25) is 0 Å². The van der Waals surface area contributed by atoms with Gasteiger partial charge in [-0.2, -0.15) is 11.8 Å². The van der Waals surface area contributed by atoms with Crippen molar-refractivity contribution in [2.75, 3.05) is 17.3 Å². The van der Waals surface area contributed by atoms with Crippen molar-refractivity contribution in [3.8, 4) is 0 Å². The summed E-state index contributed by atoms with van der Waals surface area (Å²) in [4.78, 5) is 15.8. The van der Waals surface area contributed by atoms with Gasteiger partial charge in [-0.05, 0) is 25.3 Å². The molecule has 0 saturated carbocycles. The number of benzene rings is 1. The van der Waals surface area contributed by atoms with Gasteiger partial charge in [0.25, 0.3) is 0 Å². The Balaban J connectivity index is 2.43. The third-order valence-corrected chi connectivity index (χ3v) is 3.59. The van der Waals surface area contributed by atoms with Crippen LogP contribution in [0.3, 0.4) is 0 Å². The summed E-state index contributed by atoms with van der Waals surface area (Å²) in [7, 11) is 0. The number of aromatic nitrogens is 1. The van der Waals surface area contributed by atoms with Crippen molar-refractivity contribution in [3.05, 3.63) is 35.9 Å². The highest BCUT2D eigenvalue weighted by molar-refractivity contribution is 7.98. The van der Waals surface area contributed by atoms with E-state index in [1.807, 2.05) is 31.4 Å². The van der Waals surface area contributed by atoms with Crippen LogP contribution < -0.4 is 5.32 Å². The van der Waals surface area contributed by atoms with E-state index in [2.05, 4.69) is 10.3 Å². The van der Waals surface area contributed by atoms with Crippen LogP contribution in [-0.4, -0.2) is 34.1 Å². The molecule has 0 aliphatic heterocycles. The largest absolute Gasteiger partial charge is 0.478 e. The van der Waals surface area contributed by atoms with E-state index in [1.165, 1.54) is 0 Å². The lowest BCUT2D eigenvalue weighted by Crippen LogP contribution is -2.19. The SMILES string of the molecule is CSCC(C)Nc1cc(C(=O)O)c2ccccc2n1. The van der Waals surface area contributed by atoms with Crippen LogP contribution in [0.5, 0.6) is 0 Å². The van der Waals surface area contributed by atoms with Gasteiger partial charge in [0.1, 0.15) is 5.82 Å². The Kier molecular flexibility index (Phi) is 4.27. The van der Waals surface area contributed by atoms with Crippen LogP contribution in [0.4, 0.5) is 5.82 Å². The Bertz CT molecular complexity index is 601. The zero-order valence-electron chi connectivity index (χ0n) is 10.9. The fourth-order valence-electron chi connectivity index (χ4n) is 1.97. The molecule has 0 aliphatic carbocycles. The van der Waals surface area contributed by atoms with Crippen LogP contribution in [0.15, 0.2) is 30.3 Å². The highest BCUT2D eigenvalue weighted by Crippen LogP contribution is 2.21. The van der Waals surface area contributed by atoms with Crippen molar-refractivity contribution in [2.24, 2.45) is 0 Å². The van der Waals surface area contributed by atoms with E-state index in [4.69, 9.17) is 0 Å². The van der Waals surface area contributed by atoms with Gasteiger partial charge in [-0.3, -0.25) is 0 Å². The molecule has 0 bridgehead atoms. The number of fused-ring (bicyclic) bond motifs is 1. The van der Waals surface area contributed by atoms with E-state index in [0.717, 1.165) is 5.75 Å². The van der Waals surface area contributed by atoms with E-state index in [-0.39, 0.29) is 11.6 Å². The van der Waals surface area contributed by atoms with Crippen molar-refractivity contribution in [2.45, 2.75) is 13.0 Å². The van der Waals surface area contributed by atoms with Gasteiger partial charge in [-0.25, -0.2) is 9.78 Å². The van der Waals surface area contributed by atoms with Crippen LogP contribution in [0, 0.1) is 0 Å². The second-order valence-corrected chi connectivity index (χ2v) is 5.29. The third kappa shape index (κ3) is 3.17. The molecule has 2 aromatic rings. The van der Waals surface area contributed by atoms with Crippen LogP contribution in [0.2, 0.25) is 0 Å². The highest BCUT2D eigenvalue weighted by atomic mass is 32.2. The number of nitrogens with zero attached hydrogens (tertiary/aromatic N) is 1. The van der Waals surface area contributed by atoms with E-state index in [9.17, 15) is 9.90 Å². The Morgan fingerprint density at radius 1 is 1.47 bits per heavy atom. The number of para-hydroxylation sites is 1. The molecule has 0 aliphatic rings. The first-order valence-corrected chi connectivity index (χ1v) is 7.39. The molecule has 0 saturated heterocycles. The molecule has 1 atom stereocenters. The minimum Gasteiger partial charge on any atom is -0.478 e. The summed E-state index contributed by atoms with van der Waals surface area (Å²) in [5, 5.41) is 13.2. The number of carbonyl (C=O) groups is 1. The van der Waals surface area contributed by atoms with E-state index in [0.29, 0.717) is 16.7 Å². The van der Waals surface area contributed by atoms with Gasteiger partial charge in [0.05, 0.1) is 11.1 Å². The lowest BCUT2D eigenvalue weighted by atomic mass is 10.1. The van der Waals surface area contributed by atoms with Crippen LogP contribution in [-0.2, 0) is 0 Å². The lowest BCUT2D eigenvalue weighted by Gasteiger charge is -2.14. The molecule has 0 spiro atoms. The Hall–Kier alpha value is -1.75. The first kappa shape index (κ1) is 13.7. The molecule has 0 fully saturated rings. The smallest absolute Gasteiger partial charge is 0.336 e. The van der Waals surface area contributed by atoms with Gasteiger partial charge in [-0.1, -0.05) is 18.2 Å². The number of aromatic carboxylic acids is 1. The van der Waals surface area contributed by atoms with Gasteiger partial charge < -0.3 is 10.4 Å². The minimum absolute atomic E-state index is 0.241. The van der Waals surface area contributed by atoms with Gasteiger partial charge in [0.15, 0.2) is 0 Å². The third-order valence-electron chi connectivity index (χ3n) is 2.76. The molecule has 1 heterocycles. The fraction of sp³-hybridized carbons (Fsp3) is 0.286. The summed E-state index contributed by atoms with van der Waals surface area (Å²) < 4.78 is 0. The number of hydrogen-bond donors (Lipinski definition) is 2. The summed E-state index contributed by atoms with van der Waals surface area (Å²) in [5.74, 6) is 0.619. The quantitative estimate of drug-likeness (QED) is 0.878. The molecule has 5 heteroatoms. The second kappa shape index (κ2) is 5.93. The second-order valence-electron chi connectivity index (χ2n) is 4.38. The number of pyridine rings is 1. The zero-order valence-corrected chi connectivity index (χ0v) is 11.7. The summed E-state index contributed by atoms with van der Waals surface area (Å²) in [6, 6.07) is 9.12. The van der Waals surface area contributed by atoms with Crippen molar-refractivity contribution in [1.82, 2.24) is 4.98 Å². The topological polar surface area (TPSA) is 62.2 Å². The molecule has 2 N–H and O–H groups in total. The number of hydrogen-bond acceptors (Lipinski definition) is 4. The molecule has 1 aromatic heterocycles. The summed E-state index contributed by atoms with van der Waals surface area (Å²) >= 11 is 1.74. The molecule has 100 valence electrons. The monoisotopic (exact) mass is 276 g/mol. The fourth-order valence-corrected chi connectivity index (χ4v) is 2.55. The molecular weight excluding hydrogens is 260 g/mol. The maximum absolute atomic E-state index is 11.3. The average Bonchev–Trinajstić information content (AvgIpc) is 2.37. The van der Waals surface area contributed by atoms with E-state index in [1.54, 1.807) is 23.9 Å². The van der Waals surface area contributed by atoms with E-state index < -0.39 is 5.97 Å². The van der Waals surface area contributed by atoms with Crippen LogP contribution in [0.1, 0.15) is 17.3 Å². The number of carboxylic acids is 1. The zero-order chi connectivity index (χ0) is 13.8. The first-order chi connectivity index (χ1) is 9.11. The van der Waals surface area contributed by atoms with Crippen LogP contribution >= 0.6 is 11.8 Å². The molecular formula is C14H16N2O2S. The summed E-state index contributed by atoms with van der Waals surface area (Å²) in [6.07, 6.45) is 2.04. The van der Waals surface area contributed by atoms with Crippen molar-refractivity contribution in [3.63, 3.8) is 0 Å². The molecule has 2 rings (SSSR count). The Morgan fingerprint density at radius 2 is 2.21 bits per heavy atom. The van der Waals surface area contributed by atoms with E-state index >= 15 is 0 Å². The van der Waals surface area contributed by atoms with Gasteiger partial charge in [0, 0.05) is 17.2 Å². The number of thioether (sulfide) groups is 1. The van der Waals surface area contributed by atoms with Crippen LogP contribution in [0.25, 0.3) is 10.9 Å². The molecule has 19 heavy (non-hydrogen) atoms. The maximum atomic E-state index is 11.3. The van der Waals surface area contributed by atoms with Crippen molar-refractivity contribution >= 4 is 34.5 Å².